The second-order valence-corrected chi connectivity index (χ2v) is 33.8. The van der Waals surface area contributed by atoms with Gasteiger partial charge < -0.3 is 45.5 Å². The summed E-state index contributed by atoms with van der Waals surface area (Å²) >= 11 is 0. The maximum Gasteiger partial charge on any atom is 0.325 e. The minimum absolute atomic E-state index is 0.135. The molecule has 0 radical (unpaired) electrons. The number of rotatable bonds is 3. The van der Waals surface area contributed by atoms with Gasteiger partial charge in [-0.3, -0.25) is 82.5 Å². The van der Waals surface area contributed by atoms with Gasteiger partial charge in [0.05, 0.1) is 39.8 Å². The lowest BCUT2D eigenvalue weighted by Crippen LogP contribution is -2.61. The van der Waals surface area contributed by atoms with E-state index in [0.29, 0.717) is 76.0 Å². The highest BCUT2D eigenvalue weighted by Gasteiger charge is 2.41. The number of hydrogen-bond acceptors (Lipinski definition) is 21. The molecule has 29 nitrogen and oxygen atoms in total. The molecule has 13 rings (SSSR count). The van der Waals surface area contributed by atoms with E-state index in [0.717, 1.165) is 55.1 Å². The van der Waals surface area contributed by atoms with E-state index in [9.17, 15) is 57.5 Å². The molecule has 3 saturated heterocycles. The number of nitrogens with zero attached hydrogens (tertiary/aromatic N) is 5. The van der Waals surface area contributed by atoms with Gasteiger partial charge in [-0.05, 0) is 207 Å². The van der Waals surface area contributed by atoms with Crippen LogP contribution in [0.4, 0.5) is 0 Å². The molecule has 0 spiro atoms. The molecule has 8 amide bonds. The van der Waals surface area contributed by atoms with Crippen LogP contribution in [-0.4, -0.2) is 170 Å². The normalized spacial score (nSPS) is 26.6. The van der Waals surface area contributed by atoms with Crippen LogP contribution in [0.5, 0.6) is 0 Å². The summed E-state index contributed by atoms with van der Waals surface area (Å²) in [6, 6.07) is 28.1. The van der Waals surface area contributed by atoms with E-state index in [1.54, 1.807) is 121 Å². The van der Waals surface area contributed by atoms with Crippen molar-refractivity contribution in [2.75, 3.05) is 19.6 Å². The minimum Gasteiger partial charge on any atom is -0.457 e. The third-order valence-electron chi connectivity index (χ3n) is 21.9. The summed E-state index contributed by atoms with van der Waals surface area (Å²) in [5.41, 5.74) is 14.7. The van der Waals surface area contributed by atoms with Gasteiger partial charge in [0.1, 0.15) is 42.4 Å². The Morgan fingerprint density at radius 3 is 1.45 bits per heavy atom. The average Bonchev–Trinajstić information content (AvgIpc) is 1.05. The summed E-state index contributed by atoms with van der Waals surface area (Å²) < 4.78 is 22.7. The van der Waals surface area contributed by atoms with Crippen LogP contribution in [0.15, 0.2) is 121 Å². The molecule has 16 bridgehead atoms. The van der Waals surface area contributed by atoms with Crippen molar-refractivity contribution < 1.29 is 76.5 Å². The first-order chi connectivity index (χ1) is 56.3. The molecule has 0 aliphatic carbocycles. The van der Waals surface area contributed by atoms with Crippen molar-refractivity contribution in [3.05, 3.63) is 155 Å². The van der Waals surface area contributed by atoms with Crippen molar-refractivity contribution in [2.45, 2.75) is 235 Å². The number of carbonyl (C=O) groups is 12. The Morgan fingerprint density at radius 2 is 0.908 bits per heavy atom. The molecule has 2 aromatic heterocycles. The highest BCUT2D eigenvalue weighted by atomic mass is 16.6. The van der Waals surface area contributed by atoms with Crippen molar-refractivity contribution in [2.24, 2.45) is 28.6 Å². The van der Waals surface area contributed by atoms with Crippen molar-refractivity contribution in [1.29, 1.82) is 0 Å². The Morgan fingerprint density at radius 1 is 0.429 bits per heavy atom. The van der Waals surface area contributed by atoms with E-state index in [4.69, 9.17) is 23.9 Å². The van der Waals surface area contributed by atoms with E-state index in [1.807, 2.05) is 117 Å². The Labute approximate surface area is 695 Å². The molecule has 12 atom stereocenters. The van der Waals surface area contributed by atoms with Gasteiger partial charge in [-0.1, -0.05) is 133 Å². The van der Waals surface area contributed by atoms with Gasteiger partial charge >= 0.3 is 23.9 Å². The molecular weight excluding hydrogens is 1520 g/mol. The summed E-state index contributed by atoms with van der Waals surface area (Å²) in [5, 5.41) is 21.0. The summed E-state index contributed by atoms with van der Waals surface area (Å²) in [6.07, 6.45) is 9.15. The number of fused-ring (bicyclic) bond motifs is 20. The zero-order chi connectivity index (χ0) is 86.5. The smallest absolute Gasteiger partial charge is 0.325 e. The van der Waals surface area contributed by atoms with Crippen LogP contribution in [0, 0.1) is 28.6 Å². The summed E-state index contributed by atoms with van der Waals surface area (Å²) in [7, 11) is 0. The monoisotopic (exact) mass is 1630 g/mol. The molecule has 636 valence electrons. The molecule has 0 unspecified atom stereocenters. The number of esters is 4. The summed E-state index contributed by atoms with van der Waals surface area (Å²) in [5.74, 6) is -6.20. The second kappa shape index (κ2) is 39.5. The number of carbonyl (C=O) groups excluding carboxylic acids is 12. The Bertz CT molecular complexity index is 4630. The third kappa shape index (κ3) is 23.4. The van der Waals surface area contributed by atoms with Gasteiger partial charge in [0.25, 0.3) is 35.4 Å². The molecule has 7 aliphatic heterocycles. The predicted molar refractivity (Wildman–Crippen MR) is 448 cm³/mol. The predicted octanol–water partition coefficient (Wildman–Crippen LogP) is 9.54. The molecule has 119 heavy (non-hydrogen) atoms. The van der Waals surface area contributed by atoms with Crippen LogP contribution in [0.1, 0.15) is 208 Å². The Kier molecular flexibility index (Phi) is 29.9. The van der Waals surface area contributed by atoms with Crippen LogP contribution in [-0.2, 0) is 82.9 Å². The van der Waals surface area contributed by atoms with E-state index in [-0.39, 0.29) is 59.9 Å². The second-order valence-electron chi connectivity index (χ2n) is 33.8. The fourth-order valence-corrected chi connectivity index (χ4v) is 14.3. The van der Waals surface area contributed by atoms with E-state index in [2.05, 4.69) is 53.9 Å². The molecule has 3 fully saturated rings. The molecule has 0 saturated carbocycles. The number of nitrogens with one attached hydrogen (secondary N) is 8. The zero-order valence-electron chi connectivity index (χ0n) is 70.9. The first-order valence-electron chi connectivity index (χ1n) is 41.3. The average molecular weight is 1630 g/mol. The number of hydrazine groups is 3. The minimum atomic E-state index is -1.10. The number of cyclic esters (lactones) is 3. The molecule has 8 N–H and O–H groups in total. The summed E-state index contributed by atoms with van der Waals surface area (Å²) in [6.45, 7) is 29.1. The number of hydrogen-bond donors (Lipinski definition) is 8. The van der Waals surface area contributed by atoms with E-state index >= 15 is 0 Å². The topological polar surface area (TPSA) is 373 Å². The lowest BCUT2D eigenvalue weighted by molar-refractivity contribution is -0.165. The lowest BCUT2D eigenvalue weighted by Gasteiger charge is -2.35. The summed E-state index contributed by atoms with van der Waals surface area (Å²) in [4.78, 5) is 166. The van der Waals surface area contributed by atoms with Crippen molar-refractivity contribution >= 4 is 105 Å². The van der Waals surface area contributed by atoms with Gasteiger partial charge in [-0.25, -0.2) is 16.3 Å². The first-order valence-corrected chi connectivity index (χ1v) is 41.3. The van der Waals surface area contributed by atoms with E-state index < -0.39 is 119 Å². The third-order valence-corrected chi connectivity index (χ3v) is 21.9. The molecule has 6 aromatic rings. The standard InChI is InChI=1S/C30H39N5O5.C30H38N4O6.C30H38N4O5/c1-17(2)25-27(37)32-19(4)28(38)35-15-7-8-23(34-35)26(36)31-18(3)22-12-11-21-10-9-20(16-24(21)33-22)13-14-30(5,6)29(39)40-25;1-17(2)25-26(35)32-18(3)27(36)34-13-7-8-24(33-34)28(37)39-19(4)20-9-10-21-16-31-23(15-22(21)14-20)11-12-30(5,6)29(38)40-25;1-18(2)27-29(37)32-20(4)30(38)34-16-6-9-25(33-34)28(36)31-19(3)23-7-5-8-24(17-23)22-13-10-21(11-14-22)12-15-26(35)39-27/h9-14,16-19,23,25,34H,7-8,15H2,1-6H3,(H,31,36)(H,32,37);9-12,14-19,24-25,33H,7-8,13H2,1-6H3,(H,32,35);5,7-8,10-11,13-14,17-20,25,27,33H,6,9,12,15-16H2,1-4H3,(H,31,36)(H,32,37)/b14-13+;12-11+;/t18-,19+,23+,25+;18-,19+,24-,25-;19-,20+,25+,27+/m101/s1. The van der Waals surface area contributed by atoms with Crippen molar-refractivity contribution in [1.82, 2.24) is 67.9 Å². The Balaban J connectivity index is 0.000000188. The van der Waals surface area contributed by atoms with Gasteiger partial charge in [-0.15, -0.1) is 0 Å². The van der Waals surface area contributed by atoms with Gasteiger partial charge in [0.2, 0.25) is 11.8 Å². The van der Waals surface area contributed by atoms with Crippen LogP contribution < -0.4 is 42.9 Å². The molecule has 7 aliphatic rings. The molecule has 29 heteroatoms. The van der Waals surface area contributed by atoms with Crippen LogP contribution >= 0.6 is 0 Å². The van der Waals surface area contributed by atoms with Crippen LogP contribution in [0.3, 0.4) is 0 Å². The molecule has 4 aromatic carbocycles. The number of aryl methyl sites for hydroxylation is 1. The van der Waals surface area contributed by atoms with Gasteiger partial charge in [-0.2, -0.15) is 0 Å². The highest BCUT2D eigenvalue weighted by Crippen LogP contribution is 2.31. The number of benzene rings is 4. The molecular formula is C90H115N13O16. The lowest BCUT2D eigenvalue weighted by atomic mass is 9.92. The van der Waals surface area contributed by atoms with Gasteiger partial charge in [0, 0.05) is 43.0 Å². The number of aromatic nitrogens is 2. The fourth-order valence-electron chi connectivity index (χ4n) is 14.3. The maximum absolute atomic E-state index is 13.2. The van der Waals surface area contributed by atoms with Crippen molar-refractivity contribution in [3.63, 3.8) is 0 Å². The largest absolute Gasteiger partial charge is 0.457 e. The first kappa shape index (κ1) is 90.0. The SMILES string of the molecule is CC(C)[C@@H]1OC(=O)C(C)(C)/C=C/c2cc3cc(ccc3cn2)[C@@H](C)OC(=O)[C@@H]2CCCN(N2)C(=O)[C@H](C)NC1=O.CC(C)[C@@H]1OC(=O)C(C)(C)/C=C/c2ccc3ccc(nc3c2)[C@@H](C)NC(=O)[C@@H]2CCCN(N2)C(=O)[C@H](C)NC1=O.CC(C)[C@@H]1OC(=O)CCc2ccc(cc2)-c2cccc(c2)[C@@H](C)NC(=O)[C@@H]2CCCN(N2)C(=O)[C@H](C)NC1=O. The number of ether oxygens (including phenoxy) is 4. The van der Waals surface area contributed by atoms with Crippen LogP contribution in [0.25, 0.3) is 45.0 Å². The quantitative estimate of drug-likeness (QED) is 0.0603. The van der Waals surface area contributed by atoms with E-state index in [1.165, 1.54) is 15.0 Å². The van der Waals surface area contributed by atoms with Crippen LogP contribution in [0.2, 0.25) is 0 Å². The van der Waals surface area contributed by atoms with Gasteiger partial charge in [0.15, 0.2) is 18.3 Å². The Hall–Kier alpha value is -11.3. The maximum atomic E-state index is 13.2. The van der Waals surface area contributed by atoms with Crippen molar-refractivity contribution in [3.8, 4) is 11.1 Å². The zero-order valence-corrected chi connectivity index (χ0v) is 70.9. The fraction of sp³-hybridized carbons (Fsp3) is 0.489. The number of amides is 8. The number of pyridine rings is 2. The highest BCUT2D eigenvalue weighted by molar-refractivity contribution is 5.95. The molecule has 9 heterocycles.